The lowest BCUT2D eigenvalue weighted by atomic mass is 10.0. The number of benzene rings is 3. The monoisotopic (exact) mass is 406 g/mol. The number of esters is 1. The van der Waals surface area contributed by atoms with Crippen LogP contribution in [0.4, 0.5) is 5.69 Å². The van der Waals surface area contributed by atoms with E-state index in [2.05, 4.69) is 53.1 Å². The molecule has 3 rings (SSSR count). The lowest BCUT2D eigenvalue weighted by Crippen LogP contribution is -2.29. The van der Waals surface area contributed by atoms with Crippen LogP contribution in [-0.4, -0.2) is 24.2 Å². The van der Waals surface area contributed by atoms with Gasteiger partial charge in [0.05, 0.1) is 12.2 Å². The average molecular weight is 407 g/mol. The van der Waals surface area contributed by atoms with E-state index in [-0.39, 0.29) is 5.97 Å². The fourth-order valence-electron chi connectivity index (χ4n) is 3.26. The first-order valence-electron chi connectivity index (χ1n) is 9.87. The molecule has 0 unspecified atom stereocenters. The van der Waals surface area contributed by atoms with E-state index in [1.807, 2.05) is 13.0 Å². The largest absolute Gasteiger partial charge is 0.462 e. The summed E-state index contributed by atoms with van der Waals surface area (Å²) in [4.78, 5) is 11.9. The molecule has 29 heavy (non-hydrogen) atoms. The Morgan fingerprint density at radius 3 is 2.69 bits per heavy atom. The van der Waals surface area contributed by atoms with Gasteiger partial charge in [0.15, 0.2) is 5.11 Å². The molecule has 0 saturated heterocycles. The molecule has 0 aliphatic rings. The smallest absolute Gasteiger partial charge is 0.338 e. The maximum absolute atomic E-state index is 11.9. The van der Waals surface area contributed by atoms with Crippen LogP contribution in [0.3, 0.4) is 0 Å². The molecule has 0 radical (unpaired) electrons. The molecular weight excluding hydrogens is 380 g/mol. The molecular formula is C24H26N2O2S. The van der Waals surface area contributed by atoms with Crippen LogP contribution in [0.25, 0.3) is 10.8 Å². The summed E-state index contributed by atoms with van der Waals surface area (Å²) in [5.41, 5.74) is 3.68. The lowest BCUT2D eigenvalue weighted by Gasteiger charge is -2.14. The highest BCUT2D eigenvalue weighted by Gasteiger charge is 2.10. The number of anilines is 1. The van der Waals surface area contributed by atoms with Crippen LogP contribution in [0.15, 0.2) is 60.7 Å². The van der Waals surface area contributed by atoms with E-state index in [0.717, 1.165) is 30.6 Å². The summed E-state index contributed by atoms with van der Waals surface area (Å²) in [7, 11) is 0. The van der Waals surface area contributed by atoms with Crippen molar-refractivity contribution in [3.8, 4) is 0 Å². The van der Waals surface area contributed by atoms with E-state index < -0.39 is 0 Å². The molecule has 4 nitrogen and oxygen atoms in total. The number of aryl methyl sites for hydroxylation is 2. The molecule has 0 saturated carbocycles. The molecule has 3 aromatic rings. The van der Waals surface area contributed by atoms with Gasteiger partial charge >= 0.3 is 5.97 Å². The van der Waals surface area contributed by atoms with Gasteiger partial charge in [-0.1, -0.05) is 48.5 Å². The SMILES string of the molecule is CCOC(=O)c1ccc(C)c(NC(=S)NCCCc2cccc3ccccc23)c1. The Kier molecular flexibility index (Phi) is 7.19. The highest BCUT2D eigenvalue weighted by Crippen LogP contribution is 2.20. The third-order valence-corrected chi connectivity index (χ3v) is 5.03. The minimum atomic E-state index is -0.329. The predicted octanol–water partition coefficient (Wildman–Crippen LogP) is 5.24. The molecule has 0 heterocycles. The average Bonchev–Trinajstić information content (AvgIpc) is 2.73. The highest BCUT2D eigenvalue weighted by molar-refractivity contribution is 7.80. The molecule has 2 N–H and O–H groups in total. The second-order valence-electron chi connectivity index (χ2n) is 6.87. The van der Waals surface area contributed by atoms with Gasteiger partial charge in [0, 0.05) is 12.2 Å². The Bertz CT molecular complexity index is 1010. The summed E-state index contributed by atoms with van der Waals surface area (Å²) in [6.45, 7) is 4.89. The van der Waals surface area contributed by atoms with Crippen molar-refractivity contribution in [1.29, 1.82) is 0 Å². The van der Waals surface area contributed by atoms with E-state index in [1.54, 1.807) is 19.1 Å². The van der Waals surface area contributed by atoms with Gasteiger partial charge in [-0.05, 0) is 72.9 Å². The van der Waals surface area contributed by atoms with Gasteiger partial charge in [0.25, 0.3) is 0 Å². The zero-order chi connectivity index (χ0) is 20.6. The standard InChI is InChI=1S/C24H26N2O2S/c1-3-28-23(27)20-14-13-17(2)22(16-20)26-24(29)25-15-7-11-19-10-6-9-18-8-4-5-12-21(18)19/h4-6,8-10,12-14,16H,3,7,11,15H2,1-2H3,(H2,25,26,29). The number of ether oxygens (including phenoxy) is 1. The molecule has 5 heteroatoms. The van der Waals surface area contributed by atoms with Crippen LogP contribution < -0.4 is 10.6 Å². The van der Waals surface area contributed by atoms with E-state index in [9.17, 15) is 4.79 Å². The minimum absolute atomic E-state index is 0.329. The molecule has 3 aromatic carbocycles. The summed E-state index contributed by atoms with van der Waals surface area (Å²) in [5, 5.41) is 9.57. The van der Waals surface area contributed by atoms with Crippen molar-refractivity contribution in [2.75, 3.05) is 18.5 Å². The molecule has 0 aliphatic heterocycles. The first-order chi connectivity index (χ1) is 14.1. The van der Waals surface area contributed by atoms with E-state index in [1.165, 1.54) is 16.3 Å². The maximum atomic E-state index is 11.9. The molecule has 0 spiro atoms. The Balaban J connectivity index is 1.52. The van der Waals surface area contributed by atoms with Crippen LogP contribution in [0.5, 0.6) is 0 Å². The summed E-state index contributed by atoms with van der Waals surface area (Å²) >= 11 is 5.42. The second kappa shape index (κ2) is 10.0. The van der Waals surface area contributed by atoms with Crippen LogP contribution >= 0.6 is 12.2 Å². The number of hydrogen-bond acceptors (Lipinski definition) is 3. The number of carbonyl (C=O) groups excluding carboxylic acids is 1. The van der Waals surface area contributed by atoms with Gasteiger partial charge in [-0.2, -0.15) is 0 Å². The van der Waals surface area contributed by atoms with Crippen molar-refractivity contribution in [2.24, 2.45) is 0 Å². The summed E-state index contributed by atoms with van der Waals surface area (Å²) in [6, 6.07) is 20.3. The minimum Gasteiger partial charge on any atom is -0.462 e. The van der Waals surface area contributed by atoms with E-state index >= 15 is 0 Å². The fourth-order valence-corrected chi connectivity index (χ4v) is 3.47. The normalized spacial score (nSPS) is 10.6. The first kappa shape index (κ1) is 20.8. The third-order valence-electron chi connectivity index (χ3n) is 4.79. The van der Waals surface area contributed by atoms with Crippen molar-refractivity contribution < 1.29 is 9.53 Å². The molecule has 0 fully saturated rings. The van der Waals surface area contributed by atoms with Gasteiger partial charge in [0.1, 0.15) is 0 Å². The van der Waals surface area contributed by atoms with Gasteiger partial charge in [-0.15, -0.1) is 0 Å². The molecule has 150 valence electrons. The molecule has 0 atom stereocenters. The fraction of sp³-hybridized carbons (Fsp3) is 0.250. The first-order valence-corrected chi connectivity index (χ1v) is 10.3. The molecule has 0 amide bonds. The predicted molar refractivity (Wildman–Crippen MR) is 124 cm³/mol. The number of thiocarbonyl (C=S) groups is 1. The molecule has 0 aliphatic carbocycles. The Hall–Kier alpha value is -2.92. The van der Waals surface area contributed by atoms with Crippen LogP contribution in [-0.2, 0) is 11.2 Å². The van der Waals surface area contributed by atoms with Crippen molar-refractivity contribution in [2.45, 2.75) is 26.7 Å². The van der Waals surface area contributed by atoms with Crippen molar-refractivity contribution in [3.05, 3.63) is 77.4 Å². The summed E-state index contributed by atoms with van der Waals surface area (Å²) in [5.74, 6) is -0.329. The zero-order valence-electron chi connectivity index (χ0n) is 16.8. The number of nitrogens with one attached hydrogen (secondary N) is 2. The Labute approximate surface area is 177 Å². The molecule has 0 aromatic heterocycles. The van der Waals surface area contributed by atoms with Crippen LogP contribution in [0.2, 0.25) is 0 Å². The van der Waals surface area contributed by atoms with Crippen molar-refractivity contribution >= 4 is 39.8 Å². The number of carbonyl (C=O) groups is 1. The van der Waals surface area contributed by atoms with Gasteiger partial charge in [0.2, 0.25) is 0 Å². The maximum Gasteiger partial charge on any atom is 0.338 e. The van der Waals surface area contributed by atoms with Gasteiger partial charge < -0.3 is 15.4 Å². The zero-order valence-corrected chi connectivity index (χ0v) is 17.6. The Morgan fingerprint density at radius 2 is 1.86 bits per heavy atom. The highest BCUT2D eigenvalue weighted by atomic mass is 32.1. The summed E-state index contributed by atoms with van der Waals surface area (Å²) in [6.07, 6.45) is 1.95. The second-order valence-corrected chi connectivity index (χ2v) is 7.28. The topological polar surface area (TPSA) is 50.4 Å². The third kappa shape index (κ3) is 5.55. The Morgan fingerprint density at radius 1 is 1.07 bits per heavy atom. The number of fused-ring (bicyclic) bond motifs is 1. The number of rotatable bonds is 7. The van der Waals surface area contributed by atoms with Crippen molar-refractivity contribution in [1.82, 2.24) is 5.32 Å². The lowest BCUT2D eigenvalue weighted by molar-refractivity contribution is 0.0526. The quantitative estimate of drug-likeness (QED) is 0.319. The van der Waals surface area contributed by atoms with Gasteiger partial charge in [-0.3, -0.25) is 0 Å². The van der Waals surface area contributed by atoms with Crippen LogP contribution in [0, 0.1) is 6.92 Å². The molecule has 0 bridgehead atoms. The number of hydrogen-bond donors (Lipinski definition) is 2. The van der Waals surface area contributed by atoms with Crippen LogP contribution in [0.1, 0.15) is 34.8 Å². The van der Waals surface area contributed by atoms with Gasteiger partial charge in [-0.25, -0.2) is 4.79 Å². The summed E-state index contributed by atoms with van der Waals surface area (Å²) < 4.78 is 5.06. The van der Waals surface area contributed by atoms with E-state index in [4.69, 9.17) is 17.0 Å². The van der Waals surface area contributed by atoms with E-state index in [0.29, 0.717) is 17.3 Å². The van der Waals surface area contributed by atoms with Crippen molar-refractivity contribution in [3.63, 3.8) is 0 Å².